The molecule has 3 amide bonds. The van der Waals surface area contributed by atoms with Crippen LogP contribution in [0.5, 0.6) is 0 Å². The average Bonchev–Trinajstić information content (AvgIpc) is 3.26. The quantitative estimate of drug-likeness (QED) is 0.390. The van der Waals surface area contributed by atoms with E-state index in [4.69, 9.17) is 9.15 Å². The molecule has 2 aliphatic rings. The van der Waals surface area contributed by atoms with E-state index in [0.29, 0.717) is 50.8 Å². The van der Waals surface area contributed by atoms with Crippen LogP contribution in [0.2, 0.25) is 0 Å². The molecule has 1 saturated heterocycles. The third kappa shape index (κ3) is 6.94. The summed E-state index contributed by atoms with van der Waals surface area (Å²) in [6, 6.07) is -1.08. The maximum Gasteiger partial charge on any atom is 0.318 e. The summed E-state index contributed by atoms with van der Waals surface area (Å²) in [7, 11) is 0. The van der Waals surface area contributed by atoms with Crippen molar-refractivity contribution in [3.05, 3.63) is 5.89 Å². The number of Topliss-reactive ketones (excluding diaryl/α,β-unsaturated/α-hetero) is 1. The molecule has 3 rings (SSSR count). The Morgan fingerprint density at radius 3 is 2.38 bits per heavy atom. The lowest BCUT2D eigenvalue weighted by atomic mass is 9.80. The van der Waals surface area contributed by atoms with Gasteiger partial charge in [-0.2, -0.15) is 0 Å². The van der Waals surface area contributed by atoms with E-state index in [1.54, 1.807) is 4.90 Å². The van der Waals surface area contributed by atoms with Crippen molar-refractivity contribution in [3.8, 4) is 0 Å². The van der Waals surface area contributed by atoms with Crippen LogP contribution in [0.4, 0.5) is 4.79 Å². The van der Waals surface area contributed by atoms with Crippen LogP contribution in [-0.2, 0) is 9.53 Å². The van der Waals surface area contributed by atoms with Gasteiger partial charge in [-0.05, 0) is 25.2 Å². The minimum Gasteiger partial charge on any atom is -0.408 e. The largest absolute Gasteiger partial charge is 0.408 e. The molecule has 2 heterocycles. The highest BCUT2D eigenvalue weighted by atomic mass is 32.2. The first-order chi connectivity index (χ1) is 16.2. The number of carbonyl (C=O) groups excluding carboxylic acids is 3. The zero-order valence-electron chi connectivity index (χ0n) is 20.6. The van der Waals surface area contributed by atoms with E-state index in [1.165, 1.54) is 11.8 Å². The molecule has 1 aliphatic carbocycles. The van der Waals surface area contributed by atoms with Crippen LogP contribution in [0.15, 0.2) is 9.64 Å². The zero-order valence-corrected chi connectivity index (χ0v) is 21.4. The van der Waals surface area contributed by atoms with Gasteiger partial charge in [0, 0.05) is 21.2 Å². The predicted molar refractivity (Wildman–Crippen MR) is 132 cm³/mol. The fourth-order valence-electron chi connectivity index (χ4n) is 4.32. The molecule has 1 aliphatic heterocycles. The van der Waals surface area contributed by atoms with Crippen LogP contribution in [0.3, 0.4) is 0 Å². The molecule has 10 nitrogen and oxygen atoms in total. The number of rotatable bonds is 9. The zero-order chi connectivity index (χ0) is 24.7. The Bertz CT molecular complexity index is 858. The number of morpholine rings is 1. The SMILES string of the molecule is CC(C)C[C@H](NC(=O)C1(NC(=O)N2CCOCC2)CCCCC1)C(=O)c1nnc(SC(C)C)o1.[HH].[HH]. The van der Waals surface area contributed by atoms with Crippen molar-refractivity contribution < 1.29 is 26.4 Å². The number of ketones is 1. The standard InChI is InChI=1S/C23H37N5O5S.2H2/c1-15(2)14-17(18(29)19-26-27-22(33-19)34-16(3)4)24-20(30)23(8-6-5-7-9-23)25-21(31)28-10-12-32-13-11-28;;/h15-17H,5-14H2,1-4H3,(H,24,30)(H,25,31);2*1H/t17-;;/m0../s1. The van der Waals surface area contributed by atoms with Gasteiger partial charge in [0.2, 0.25) is 11.7 Å². The van der Waals surface area contributed by atoms with Gasteiger partial charge in [0.15, 0.2) is 0 Å². The maximum absolute atomic E-state index is 13.6. The summed E-state index contributed by atoms with van der Waals surface area (Å²) in [5.41, 5.74) is -1.04. The summed E-state index contributed by atoms with van der Waals surface area (Å²) in [6.45, 7) is 9.91. The third-order valence-corrected chi connectivity index (χ3v) is 6.91. The van der Waals surface area contributed by atoms with Gasteiger partial charge < -0.3 is 24.7 Å². The molecule has 0 bridgehead atoms. The highest BCUT2D eigenvalue weighted by molar-refractivity contribution is 7.99. The van der Waals surface area contributed by atoms with Crippen LogP contribution in [-0.4, -0.2) is 76.0 Å². The van der Waals surface area contributed by atoms with E-state index in [1.807, 2.05) is 27.7 Å². The molecule has 1 atom stereocenters. The van der Waals surface area contributed by atoms with Crippen LogP contribution in [0.25, 0.3) is 0 Å². The fraction of sp³-hybridized carbons (Fsp3) is 0.783. The third-order valence-electron chi connectivity index (χ3n) is 6.07. The number of aromatic nitrogens is 2. The van der Waals surface area contributed by atoms with Crippen LogP contribution in [0.1, 0.15) is 79.8 Å². The lowest BCUT2D eigenvalue weighted by Gasteiger charge is -2.39. The molecule has 0 unspecified atom stereocenters. The summed E-state index contributed by atoms with van der Waals surface area (Å²) in [4.78, 5) is 41.5. The van der Waals surface area contributed by atoms with Gasteiger partial charge in [-0.25, -0.2) is 4.79 Å². The lowest BCUT2D eigenvalue weighted by molar-refractivity contribution is -0.129. The lowest BCUT2D eigenvalue weighted by Crippen LogP contribution is -2.64. The van der Waals surface area contributed by atoms with E-state index in [-0.39, 0.29) is 31.9 Å². The molecular weight excluding hydrogens is 458 g/mol. The molecule has 194 valence electrons. The Hall–Kier alpha value is -2.14. The van der Waals surface area contributed by atoms with Crippen molar-refractivity contribution in [1.29, 1.82) is 0 Å². The van der Waals surface area contributed by atoms with Gasteiger partial charge in [0.05, 0.1) is 19.3 Å². The number of nitrogens with zero attached hydrogens (tertiary/aromatic N) is 3. The Morgan fingerprint density at radius 1 is 1.09 bits per heavy atom. The second-order valence-corrected chi connectivity index (χ2v) is 11.3. The van der Waals surface area contributed by atoms with Gasteiger partial charge in [-0.3, -0.25) is 9.59 Å². The van der Waals surface area contributed by atoms with Crippen molar-refractivity contribution in [1.82, 2.24) is 25.7 Å². The van der Waals surface area contributed by atoms with Crippen molar-refractivity contribution in [2.75, 3.05) is 26.3 Å². The Morgan fingerprint density at radius 2 is 1.76 bits per heavy atom. The number of hydrogen-bond donors (Lipinski definition) is 2. The first kappa shape index (κ1) is 26.5. The highest BCUT2D eigenvalue weighted by Gasteiger charge is 2.43. The topological polar surface area (TPSA) is 127 Å². The Balaban J connectivity index is 0.00000324. The molecular formula is C23H41N5O5S. The summed E-state index contributed by atoms with van der Waals surface area (Å²) < 4.78 is 10.9. The van der Waals surface area contributed by atoms with Gasteiger partial charge in [-0.1, -0.05) is 58.7 Å². The number of ether oxygens (including phenoxy) is 1. The van der Waals surface area contributed by atoms with Gasteiger partial charge in [0.25, 0.3) is 11.1 Å². The molecule has 1 aromatic heterocycles. The van der Waals surface area contributed by atoms with E-state index >= 15 is 0 Å². The van der Waals surface area contributed by atoms with Gasteiger partial charge >= 0.3 is 6.03 Å². The second-order valence-electron chi connectivity index (χ2n) is 9.73. The van der Waals surface area contributed by atoms with Crippen LogP contribution >= 0.6 is 11.8 Å². The summed E-state index contributed by atoms with van der Waals surface area (Å²) in [6.07, 6.45) is 4.17. The molecule has 34 heavy (non-hydrogen) atoms. The second kappa shape index (κ2) is 12.0. The predicted octanol–water partition coefficient (Wildman–Crippen LogP) is 3.52. The molecule has 0 radical (unpaired) electrons. The molecule has 1 saturated carbocycles. The van der Waals surface area contributed by atoms with E-state index < -0.39 is 17.4 Å². The number of urea groups is 1. The van der Waals surface area contributed by atoms with E-state index in [2.05, 4.69) is 20.8 Å². The molecule has 11 heteroatoms. The molecule has 0 aromatic carbocycles. The van der Waals surface area contributed by atoms with Crippen LogP contribution in [0, 0.1) is 5.92 Å². The molecule has 0 spiro atoms. The fourth-order valence-corrected chi connectivity index (χ4v) is 4.94. The number of hydrogen-bond acceptors (Lipinski definition) is 8. The molecule has 2 fully saturated rings. The Labute approximate surface area is 208 Å². The van der Waals surface area contributed by atoms with Crippen molar-refractivity contribution in [2.24, 2.45) is 5.92 Å². The van der Waals surface area contributed by atoms with Gasteiger partial charge in [0.1, 0.15) is 5.54 Å². The van der Waals surface area contributed by atoms with Crippen molar-refractivity contribution >= 4 is 29.5 Å². The van der Waals surface area contributed by atoms with E-state index in [9.17, 15) is 14.4 Å². The molecule has 2 N–H and O–H groups in total. The number of thioether (sulfide) groups is 1. The molecule has 1 aromatic rings. The highest BCUT2D eigenvalue weighted by Crippen LogP contribution is 2.30. The maximum atomic E-state index is 13.6. The number of carbonyl (C=O) groups is 3. The minimum absolute atomic E-state index is 0. The summed E-state index contributed by atoms with van der Waals surface area (Å²) in [5.74, 6) is -0.698. The van der Waals surface area contributed by atoms with E-state index in [0.717, 1.165) is 19.3 Å². The summed E-state index contributed by atoms with van der Waals surface area (Å²) >= 11 is 1.38. The van der Waals surface area contributed by atoms with Crippen molar-refractivity contribution in [2.45, 2.75) is 88.3 Å². The number of amides is 3. The normalized spacial score (nSPS) is 19.2. The average molecular weight is 500 g/mol. The van der Waals surface area contributed by atoms with Crippen molar-refractivity contribution in [3.63, 3.8) is 0 Å². The first-order valence-corrected chi connectivity index (χ1v) is 13.1. The number of nitrogens with one attached hydrogen (secondary N) is 2. The first-order valence-electron chi connectivity index (χ1n) is 12.2. The monoisotopic (exact) mass is 499 g/mol. The summed E-state index contributed by atoms with van der Waals surface area (Å²) in [5, 5.41) is 14.4. The van der Waals surface area contributed by atoms with Crippen LogP contribution < -0.4 is 10.6 Å². The minimum atomic E-state index is -1.04. The smallest absolute Gasteiger partial charge is 0.318 e. The Kier molecular flexibility index (Phi) is 9.35. The van der Waals surface area contributed by atoms with Gasteiger partial charge in [-0.15, -0.1) is 10.2 Å².